The Morgan fingerprint density at radius 2 is 0.891 bits per heavy atom. The maximum atomic E-state index is 9.50. The molecule has 0 aromatic heterocycles. The summed E-state index contributed by atoms with van der Waals surface area (Å²) in [4.78, 5) is 0. The normalized spacial score (nSPS) is 10.3. The van der Waals surface area contributed by atoms with E-state index in [1.54, 1.807) is 0 Å². The monoisotopic (exact) mass is 718 g/mol. The molecule has 9 aromatic carbocycles. The first kappa shape index (κ1) is 38.0. The molecule has 0 spiro atoms. The number of halogens is 1. The lowest BCUT2D eigenvalue weighted by atomic mass is 9.85. The van der Waals surface area contributed by atoms with Gasteiger partial charge in [0.1, 0.15) is 0 Å². The highest BCUT2D eigenvalue weighted by Crippen LogP contribution is 2.44. The molecule has 3 N–H and O–H groups in total. The molecule has 9 rings (SSSR count). The van der Waals surface area contributed by atoms with Gasteiger partial charge in [0.15, 0.2) is 0 Å². The summed E-state index contributed by atoms with van der Waals surface area (Å²) >= 11 is 0. The molecule has 3 heteroatoms. The molecule has 0 radical (unpaired) electrons. The van der Waals surface area contributed by atoms with Gasteiger partial charge in [0.25, 0.3) is 0 Å². The Hall–Kier alpha value is -6.71. The first-order chi connectivity index (χ1) is 27.1. The predicted octanol–water partition coefficient (Wildman–Crippen LogP) is 15.1. The Balaban J connectivity index is 0.000000254. The largest absolute Gasteiger partial charge is 0.397 e. The summed E-state index contributed by atoms with van der Waals surface area (Å²) in [5, 5.41) is 11.0. The van der Waals surface area contributed by atoms with Crippen LogP contribution in [0.2, 0.25) is 0 Å². The lowest BCUT2D eigenvalue weighted by Gasteiger charge is -2.18. The molecule has 9 aromatic rings. The summed E-state index contributed by atoms with van der Waals surface area (Å²) in [7, 11) is 0.500. The number of rotatable bonds is 5. The first-order valence-electron chi connectivity index (χ1n) is 18.8. The first-order valence-corrected chi connectivity index (χ1v) is 18.8. The van der Waals surface area contributed by atoms with Crippen LogP contribution in [0.15, 0.2) is 194 Å². The van der Waals surface area contributed by atoms with Gasteiger partial charge in [-0.25, -0.2) is 0 Å². The smallest absolute Gasteiger partial charge is 0.0785 e. The lowest BCUT2D eigenvalue weighted by molar-refractivity contribution is 0.636. The number of benzene rings is 9. The minimum atomic E-state index is 0.500. The molecule has 0 saturated carbocycles. The van der Waals surface area contributed by atoms with E-state index in [2.05, 4.69) is 176 Å². The number of fused-ring (bicyclic) bond motifs is 3. The van der Waals surface area contributed by atoms with Crippen molar-refractivity contribution in [3.05, 3.63) is 200 Å². The summed E-state index contributed by atoms with van der Waals surface area (Å²) < 4.78 is 9.50. The van der Waals surface area contributed by atoms with Crippen molar-refractivity contribution in [3.63, 3.8) is 0 Å². The molecule has 0 heterocycles. The van der Waals surface area contributed by atoms with Crippen molar-refractivity contribution in [3.8, 4) is 33.4 Å². The van der Waals surface area contributed by atoms with Crippen LogP contribution in [0.3, 0.4) is 0 Å². The quantitative estimate of drug-likeness (QED) is 0.137. The van der Waals surface area contributed by atoms with E-state index in [1.165, 1.54) is 71.3 Å². The second-order valence-corrected chi connectivity index (χ2v) is 12.9. The molecule has 0 amide bonds. The van der Waals surface area contributed by atoms with E-state index in [-0.39, 0.29) is 0 Å². The van der Waals surface area contributed by atoms with Crippen LogP contribution in [0.4, 0.5) is 21.5 Å². The van der Waals surface area contributed by atoms with Gasteiger partial charge in [0.05, 0.1) is 18.6 Å². The van der Waals surface area contributed by atoms with E-state index in [0.717, 1.165) is 17.1 Å². The molecule has 2 nitrogen and oxygen atoms in total. The van der Waals surface area contributed by atoms with Crippen LogP contribution in [-0.2, 0) is 0 Å². The van der Waals surface area contributed by atoms with Crippen LogP contribution in [0.5, 0.6) is 0 Å². The molecule has 0 aliphatic rings. The van der Waals surface area contributed by atoms with Crippen molar-refractivity contribution < 1.29 is 4.39 Å². The third kappa shape index (κ3) is 8.43. The average molecular weight is 719 g/mol. The highest BCUT2D eigenvalue weighted by Gasteiger charge is 2.16. The molecular formula is C52H47FN2. The van der Waals surface area contributed by atoms with E-state index >= 15 is 0 Å². The summed E-state index contributed by atoms with van der Waals surface area (Å²) in [6, 6.07) is 68.3. The molecule has 0 fully saturated rings. The number of hydrogen-bond donors (Lipinski definition) is 2. The third-order valence-corrected chi connectivity index (χ3v) is 9.61. The van der Waals surface area contributed by atoms with E-state index < -0.39 is 0 Å². The van der Waals surface area contributed by atoms with E-state index in [4.69, 9.17) is 5.73 Å². The zero-order valence-electron chi connectivity index (χ0n) is 31.9. The standard InChI is InChI=1S/C36H26N2.C13H12.C2H6.CH3F/c37-33-15-7-8-16-34(33)38-28-21-19-25(20-22-28)35-29-11-3-5-13-31(29)36(32-14-6-4-12-30(32)35)27-18-17-24-9-1-2-10-26(24)23-27;1-11-7-5-6-10-13(11)12-8-3-2-4-9-12;2*1-2/h1-23,38H,37H2;2-10H,1H3;1-2H3;1H3. The summed E-state index contributed by atoms with van der Waals surface area (Å²) in [6.07, 6.45) is 0. The van der Waals surface area contributed by atoms with Crippen molar-refractivity contribution in [2.24, 2.45) is 0 Å². The third-order valence-electron chi connectivity index (χ3n) is 9.61. The fourth-order valence-corrected chi connectivity index (χ4v) is 7.10. The molecule has 0 unspecified atom stereocenters. The summed E-state index contributed by atoms with van der Waals surface area (Å²) in [6.45, 7) is 6.14. The molecule has 55 heavy (non-hydrogen) atoms. The molecule has 0 bridgehead atoms. The van der Waals surface area contributed by atoms with Crippen molar-refractivity contribution in [1.82, 2.24) is 0 Å². The van der Waals surface area contributed by atoms with E-state index in [0.29, 0.717) is 7.18 Å². The highest BCUT2D eigenvalue weighted by atomic mass is 19.1. The molecular weight excluding hydrogens is 672 g/mol. The van der Waals surface area contributed by atoms with E-state index in [1.807, 2.05) is 44.2 Å². The average Bonchev–Trinajstić information content (AvgIpc) is 3.26. The Morgan fingerprint density at radius 3 is 1.49 bits per heavy atom. The van der Waals surface area contributed by atoms with Gasteiger partial charge in [0.2, 0.25) is 0 Å². The van der Waals surface area contributed by atoms with Gasteiger partial charge in [0, 0.05) is 5.69 Å². The lowest BCUT2D eigenvalue weighted by Crippen LogP contribution is -1.95. The second-order valence-electron chi connectivity index (χ2n) is 12.9. The van der Waals surface area contributed by atoms with Crippen molar-refractivity contribution in [2.75, 3.05) is 18.2 Å². The van der Waals surface area contributed by atoms with Crippen LogP contribution in [0.1, 0.15) is 19.4 Å². The maximum absolute atomic E-state index is 9.50. The van der Waals surface area contributed by atoms with Gasteiger partial charge >= 0.3 is 0 Å². The molecule has 272 valence electrons. The van der Waals surface area contributed by atoms with Crippen molar-refractivity contribution >= 4 is 49.4 Å². The zero-order chi connectivity index (χ0) is 38.6. The number of para-hydroxylation sites is 2. The van der Waals surface area contributed by atoms with Crippen LogP contribution in [0, 0.1) is 6.92 Å². The number of hydrogen-bond acceptors (Lipinski definition) is 2. The molecule has 0 aliphatic heterocycles. The number of nitrogen functional groups attached to an aromatic ring is 1. The maximum Gasteiger partial charge on any atom is 0.0785 e. The topological polar surface area (TPSA) is 38.0 Å². The minimum Gasteiger partial charge on any atom is -0.397 e. The molecule has 0 aliphatic carbocycles. The number of alkyl halides is 1. The van der Waals surface area contributed by atoms with Gasteiger partial charge in [-0.1, -0.05) is 178 Å². The van der Waals surface area contributed by atoms with E-state index in [9.17, 15) is 4.39 Å². The predicted molar refractivity (Wildman–Crippen MR) is 239 cm³/mol. The van der Waals surface area contributed by atoms with Crippen LogP contribution >= 0.6 is 0 Å². The number of nitrogens with one attached hydrogen (secondary N) is 1. The number of aryl methyl sites for hydroxylation is 1. The van der Waals surface area contributed by atoms with Crippen LogP contribution in [0.25, 0.3) is 65.7 Å². The Morgan fingerprint density at radius 1 is 0.418 bits per heavy atom. The van der Waals surface area contributed by atoms with Gasteiger partial charge < -0.3 is 11.1 Å². The van der Waals surface area contributed by atoms with Crippen molar-refractivity contribution in [2.45, 2.75) is 20.8 Å². The summed E-state index contributed by atoms with van der Waals surface area (Å²) in [5.41, 5.74) is 17.7. The number of nitrogens with two attached hydrogens (primary N) is 1. The Kier molecular flexibility index (Phi) is 12.7. The highest BCUT2D eigenvalue weighted by molar-refractivity contribution is 6.21. The number of anilines is 3. The van der Waals surface area contributed by atoms with Gasteiger partial charge in [-0.15, -0.1) is 0 Å². The van der Waals surface area contributed by atoms with Crippen LogP contribution < -0.4 is 11.1 Å². The van der Waals surface area contributed by atoms with Gasteiger partial charge in [-0.3, -0.25) is 4.39 Å². The second kappa shape index (κ2) is 18.4. The zero-order valence-corrected chi connectivity index (χ0v) is 31.9. The van der Waals surface area contributed by atoms with Gasteiger partial charge in [-0.05, 0) is 109 Å². The van der Waals surface area contributed by atoms with Gasteiger partial charge in [-0.2, -0.15) is 0 Å². The van der Waals surface area contributed by atoms with Crippen LogP contribution in [-0.4, -0.2) is 7.18 Å². The molecule has 0 saturated heterocycles. The SMILES string of the molecule is CC.CF.Cc1ccccc1-c1ccccc1.Nc1ccccc1Nc1ccc(-c2c3ccccc3c(-c3ccc4ccccc4c3)c3ccccc23)cc1. The van der Waals surface area contributed by atoms with Crippen molar-refractivity contribution in [1.29, 1.82) is 0 Å². The Labute approximate surface area is 324 Å². The minimum absolute atomic E-state index is 0.500. The summed E-state index contributed by atoms with van der Waals surface area (Å²) in [5.74, 6) is 0. The fourth-order valence-electron chi connectivity index (χ4n) is 7.10. The fraction of sp³-hybridized carbons (Fsp3) is 0.0769. The molecule has 0 atom stereocenters. The Bertz CT molecular complexity index is 2570.